The number of hydrogen-bond donors (Lipinski definition) is 2. The topological polar surface area (TPSA) is 142 Å². The third-order valence-corrected chi connectivity index (χ3v) is 7.38. The Morgan fingerprint density at radius 3 is 2.68 bits per heavy atom. The first-order valence-corrected chi connectivity index (χ1v) is 13.6. The maximum Gasteiger partial charge on any atom is 0.331 e. The van der Waals surface area contributed by atoms with Gasteiger partial charge in [0.2, 0.25) is 0 Å². The number of anilines is 1. The first kappa shape index (κ1) is 28.1. The smallest absolute Gasteiger partial charge is 0.331 e. The van der Waals surface area contributed by atoms with Crippen molar-refractivity contribution in [2.45, 2.75) is 38.9 Å². The van der Waals surface area contributed by atoms with Gasteiger partial charge in [0.1, 0.15) is 16.9 Å². The molecule has 0 saturated carbocycles. The number of hydrogen-bond acceptors (Lipinski definition) is 8. The van der Waals surface area contributed by atoms with Gasteiger partial charge in [-0.2, -0.15) is 0 Å². The SMILES string of the molecule is CC#CCn1c(N2CCC[C@@H](N)C2)c(C(=O)NCCOC)c2c1c(=O)n(Cc1ccc3nccnc3c1)c(=O)n2C. The number of nitrogens with zero attached hydrogens (tertiary/aromatic N) is 6. The molecule has 41 heavy (non-hydrogen) atoms. The van der Waals surface area contributed by atoms with E-state index in [-0.39, 0.29) is 42.3 Å². The first-order chi connectivity index (χ1) is 19.8. The number of aromatic nitrogens is 5. The zero-order valence-electron chi connectivity index (χ0n) is 23.5. The number of benzene rings is 1. The number of nitrogens with one attached hydrogen (secondary N) is 1. The molecule has 3 N–H and O–H groups in total. The Bertz CT molecular complexity index is 1790. The second-order valence-corrected chi connectivity index (χ2v) is 10.1. The summed E-state index contributed by atoms with van der Waals surface area (Å²) in [5, 5.41) is 2.88. The largest absolute Gasteiger partial charge is 0.383 e. The highest BCUT2D eigenvalue weighted by Crippen LogP contribution is 2.32. The summed E-state index contributed by atoms with van der Waals surface area (Å²) >= 11 is 0. The van der Waals surface area contributed by atoms with E-state index in [1.54, 1.807) is 38.0 Å². The van der Waals surface area contributed by atoms with E-state index in [4.69, 9.17) is 10.5 Å². The third kappa shape index (κ3) is 5.33. The van der Waals surface area contributed by atoms with E-state index in [1.165, 1.54) is 9.13 Å². The minimum Gasteiger partial charge on any atom is -0.383 e. The lowest BCUT2D eigenvalue weighted by Gasteiger charge is -2.33. The van der Waals surface area contributed by atoms with Crippen LogP contribution in [0.25, 0.3) is 22.1 Å². The fourth-order valence-corrected chi connectivity index (χ4v) is 5.46. The van der Waals surface area contributed by atoms with Crippen LogP contribution in [0.2, 0.25) is 0 Å². The summed E-state index contributed by atoms with van der Waals surface area (Å²) in [5.41, 5.74) is 8.17. The van der Waals surface area contributed by atoms with Crippen molar-refractivity contribution in [2.75, 3.05) is 38.3 Å². The van der Waals surface area contributed by atoms with Crippen LogP contribution < -0.4 is 27.2 Å². The molecule has 214 valence electrons. The van der Waals surface area contributed by atoms with E-state index in [1.807, 2.05) is 23.1 Å². The van der Waals surface area contributed by atoms with E-state index < -0.39 is 17.2 Å². The van der Waals surface area contributed by atoms with E-state index in [2.05, 4.69) is 27.1 Å². The van der Waals surface area contributed by atoms with Crippen molar-refractivity contribution in [1.82, 2.24) is 29.0 Å². The van der Waals surface area contributed by atoms with Crippen LogP contribution in [0.15, 0.2) is 40.2 Å². The molecule has 3 aromatic heterocycles. The van der Waals surface area contributed by atoms with Crippen molar-refractivity contribution in [3.8, 4) is 11.8 Å². The molecule has 12 nitrogen and oxygen atoms in total. The van der Waals surface area contributed by atoms with E-state index in [9.17, 15) is 14.4 Å². The molecule has 1 saturated heterocycles. The molecule has 1 aliphatic heterocycles. The van der Waals surface area contributed by atoms with Crippen LogP contribution in [-0.2, 0) is 24.9 Å². The molecular formula is C29H34N8O4. The molecule has 1 aromatic carbocycles. The number of carbonyl (C=O) groups excluding carboxylic acids is 1. The Morgan fingerprint density at radius 1 is 1.17 bits per heavy atom. The van der Waals surface area contributed by atoms with Crippen molar-refractivity contribution in [1.29, 1.82) is 0 Å². The monoisotopic (exact) mass is 558 g/mol. The minimum absolute atomic E-state index is 0.0257. The zero-order chi connectivity index (χ0) is 29.1. The number of carbonyl (C=O) groups is 1. The standard InChI is InChI=1S/C29H34N8O4/c1-4-5-14-36-25-24(23(26(38)33-12-15-41-3)27(36)35-13-6-7-20(30)18-35)34(2)29(40)37(28(25)39)17-19-8-9-21-22(16-19)32-11-10-31-21/h8-11,16,20H,6-7,12-15,17-18,30H2,1-3H3,(H,33,38)/t20-/m1/s1. The molecule has 5 rings (SSSR count). The molecule has 1 aliphatic rings. The molecule has 4 heterocycles. The second-order valence-electron chi connectivity index (χ2n) is 10.1. The van der Waals surface area contributed by atoms with Crippen LogP contribution in [-0.4, -0.2) is 69.0 Å². The number of methoxy groups -OCH3 is 1. The Kier molecular flexibility index (Phi) is 8.19. The average Bonchev–Trinajstić information content (AvgIpc) is 3.32. The highest BCUT2D eigenvalue weighted by atomic mass is 16.5. The van der Waals surface area contributed by atoms with Crippen LogP contribution in [0.3, 0.4) is 0 Å². The Balaban J connectivity index is 1.76. The molecular weight excluding hydrogens is 524 g/mol. The maximum absolute atomic E-state index is 14.2. The van der Waals surface area contributed by atoms with Crippen molar-refractivity contribution in [3.05, 3.63) is 62.6 Å². The number of rotatable bonds is 8. The van der Waals surface area contributed by atoms with Gasteiger partial charge in [-0.05, 0) is 37.5 Å². The van der Waals surface area contributed by atoms with Gasteiger partial charge < -0.3 is 25.3 Å². The maximum atomic E-state index is 14.2. The quantitative estimate of drug-likeness (QED) is 0.239. The second kappa shape index (κ2) is 12.0. The van der Waals surface area contributed by atoms with Crippen molar-refractivity contribution < 1.29 is 9.53 Å². The van der Waals surface area contributed by atoms with Crippen LogP contribution >= 0.6 is 0 Å². The van der Waals surface area contributed by atoms with Crippen LogP contribution in [0, 0.1) is 11.8 Å². The number of fused-ring (bicyclic) bond motifs is 2. The van der Waals surface area contributed by atoms with Crippen LogP contribution in [0.4, 0.5) is 5.82 Å². The molecule has 4 aromatic rings. The molecule has 0 bridgehead atoms. The highest BCUT2D eigenvalue weighted by molar-refractivity contribution is 6.11. The molecule has 0 unspecified atom stereocenters. The summed E-state index contributed by atoms with van der Waals surface area (Å²) in [6, 6.07) is 5.36. The van der Waals surface area contributed by atoms with Crippen molar-refractivity contribution >= 4 is 33.8 Å². The summed E-state index contributed by atoms with van der Waals surface area (Å²) in [6.07, 6.45) is 4.90. The molecule has 12 heteroatoms. The van der Waals surface area contributed by atoms with Gasteiger partial charge in [-0.1, -0.05) is 12.0 Å². The molecule has 0 aliphatic carbocycles. The molecule has 1 atom stereocenters. The minimum atomic E-state index is -0.534. The Morgan fingerprint density at radius 2 is 1.95 bits per heavy atom. The summed E-state index contributed by atoms with van der Waals surface area (Å²) in [7, 11) is 3.14. The van der Waals surface area contributed by atoms with Gasteiger partial charge in [-0.15, -0.1) is 5.92 Å². The third-order valence-electron chi connectivity index (χ3n) is 7.38. The molecule has 1 fully saturated rings. The normalized spacial score (nSPS) is 15.2. The van der Waals surface area contributed by atoms with Gasteiger partial charge in [-0.25, -0.2) is 4.79 Å². The van der Waals surface area contributed by atoms with Gasteiger partial charge in [0.05, 0.1) is 36.2 Å². The number of ether oxygens (including phenoxy) is 1. The van der Waals surface area contributed by atoms with Crippen LogP contribution in [0.1, 0.15) is 35.7 Å². The fraction of sp³-hybridized carbons (Fsp3) is 0.414. The zero-order valence-corrected chi connectivity index (χ0v) is 23.5. The number of aryl methyl sites for hydroxylation is 1. The lowest BCUT2D eigenvalue weighted by Crippen LogP contribution is -2.44. The number of piperidine rings is 1. The summed E-state index contributed by atoms with van der Waals surface area (Å²) in [5.74, 6) is 6.09. The molecule has 0 spiro atoms. The predicted molar refractivity (Wildman–Crippen MR) is 157 cm³/mol. The van der Waals surface area contributed by atoms with Gasteiger partial charge in [0, 0.05) is 52.2 Å². The Hall–Kier alpha value is -4.47. The van der Waals surface area contributed by atoms with E-state index in [0.29, 0.717) is 36.5 Å². The molecule has 0 radical (unpaired) electrons. The summed E-state index contributed by atoms with van der Waals surface area (Å²) < 4.78 is 9.45. The predicted octanol–water partition coefficient (Wildman–Crippen LogP) is 0.820. The highest BCUT2D eigenvalue weighted by Gasteiger charge is 2.32. The van der Waals surface area contributed by atoms with Gasteiger partial charge in [0.25, 0.3) is 11.5 Å². The number of amides is 1. The lowest BCUT2D eigenvalue weighted by molar-refractivity contribution is 0.0938. The summed E-state index contributed by atoms with van der Waals surface area (Å²) in [4.78, 5) is 52.4. The van der Waals surface area contributed by atoms with E-state index >= 15 is 0 Å². The molecule has 1 amide bonds. The summed E-state index contributed by atoms with van der Waals surface area (Å²) in [6.45, 7) is 3.66. The van der Waals surface area contributed by atoms with Gasteiger partial charge >= 0.3 is 5.69 Å². The number of nitrogens with two attached hydrogens (primary N) is 1. The first-order valence-electron chi connectivity index (χ1n) is 13.6. The average molecular weight is 559 g/mol. The van der Waals surface area contributed by atoms with E-state index in [0.717, 1.165) is 18.4 Å². The van der Waals surface area contributed by atoms with Crippen LogP contribution in [0.5, 0.6) is 0 Å². The van der Waals surface area contributed by atoms with Gasteiger partial charge in [0.15, 0.2) is 0 Å². The van der Waals surface area contributed by atoms with Crippen molar-refractivity contribution in [2.24, 2.45) is 12.8 Å². The Labute approximate surface area is 236 Å². The van der Waals surface area contributed by atoms with Gasteiger partial charge in [-0.3, -0.25) is 28.7 Å². The van der Waals surface area contributed by atoms with Crippen molar-refractivity contribution in [3.63, 3.8) is 0 Å². The fourth-order valence-electron chi connectivity index (χ4n) is 5.46. The lowest BCUT2D eigenvalue weighted by atomic mass is 10.1.